The molecule has 1 rings (SSSR count). The summed E-state index contributed by atoms with van der Waals surface area (Å²) in [5.41, 5.74) is 0.487. The third kappa shape index (κ3) is 4.07. The van der Waals surface area contributed by atoms with Crippen LogP contribution in [0.1, 0.15) is 25.0 Å². The lowest BCUT2D eigenvalue weighted by Gasteiger charge is -1.91. The quantitative estimate of drug-likeness (QED) is 0.361. The van der Waals surface area contributed by atoms with E-state index in [1.807, 2.05) is 0 Å². The second-order valence-corrected chi connectivity index (χ2v) is 3.14. The molecule has 0 aliphatic rings. The predicted molar refractivity (Wildman–Crippen MR) is 58.7 cm³/mol. The van der Waals surface area contributed by atoms with E-state index in [0.717, 1.165) is 12.8 Å². The molecule has 5 nitrogen and oxygen atoms in total. The van der Waals surface area contributed by atoms with Crippen LogP contribution in [-0.2, 0) is 0 Å². The average Bonchev–Trinajstić information content (AvgIpc) is 2.29. The summed E-state index contributed by atoms with van der Waals surface area (Å²) in [6.45, 7) is 0.178. The van der Waals surface area contributed by atoms with E-state index in [4.69, 9.17) is 5.11 Å². The molecule has 0 radical (unpaired) electrons. The minimum Gasteiger partial charge on any atom is -0.396 e. The van der Waals surface area contributed by atoms with Gasteiger partial charge in [0.05, 0.1) is 4.92 Å². The van der Waals surface area contributed by atoms with Crippen LogP contribution in [0.2, 0.25) is 0 Å². The highest BCUT2D eigenvalue weighted by atomic mass is 16.6. The van der Waals surface area contributed by atoms with Crippen LogP contribution in [0.5, 0.6) is 0 Å². The Balaban J connectivity index is 2.51. The lowest BCUT2D eigenvalue weighted by atomic mass is 10.2. The van der Waals surface area contributed by atoms with Gasteiger partial charge in [0.15, 0.2) is 0 Å². The first-order valence-electron chi connectivity index (χ1n) is 4.94. The van der Waals surface area contributed by atoms with Gasteiger partial charge in [0, 0.05) is 19.1 Å². The zero-order chi connectivity index (χ0) is 11.8. The van der Waals surface area contributed by atoms with Gasteiger partial charge in [-0.15, -0.1) is 0 Å². The van der Waals surface area contributed by atoms with Crippen molar-refractivity contribution in [1.82, 2.24) is 4.98 Å². The van der Waals surface area contributed by atoms with Crippen LogP contribution in [0, 0.1) is 22.0 Å². The molecule has 1 N–H and O–H groups in total. The fourth-order valence-corrected chi connectivity index (χ4v) is 1.05. The van der Waals surface area contributed by atoms with Gasteiger partial charge in [-0.2, -0.15) is 0 Å². The van der Waals surface area contributed by atoms with E-state index in [1.165, 1.54) is 18.3 Å². The molecule has 0 fully saturated rings. The third-order valence-corrected chi connectivity index (χ3v) is 1.89. The van der Waals surface area contributed by atoms with Crippen LogP contribution in [0.4, 0.5) is 5.69 Å². The standard InChI is InChI=1S/C11H12N2O3/c14-8-4-2-1-3-5-10-6-7-11(9-12-10)13(15)16/h6-7,9,14H,1-2,4,8H2. The van der Waals surface area contributed by atoms with Crippen LogP contribution in [0.15, 0.2) is 18.3 Å². The summed E-state index contributed by atoms with van der Waals surface area (Å²) < 4.78 is 0. The molecular formula is C11H12N2O3. The summed E-state index contributed by atoms with van der Waals surface area (Å²) in [6, 6.07) is 2.90. The summed E-state index contributed by atoms with van der Waals surface area (Å²) >= 11 is 0. The van der Waals surface area contributed by atoms with Crippen molar-refractivity contribution in [3.05, 3.63) is 34.1 Å². The fraction of sp³-hybridized carbons (Fsp3) is 0.364. The molecule has 1 heterocycles. The Bertz CT molecular complexity index is 403. The first-order chi connectivity index (χ1) is 7.74. The van der Waals surface area contributed by atoms with E-state index in [0.29, 0.717) is 12.1 Å². The highest BCUT2D eigenvalue weighted by Crippen LogP contribution is 2.07. The van der Waals surface area contributed by atoms with E-state index in [-0.39, 0.29) is 12.3 Å². The number of aromatic nitrogens is 1. The molecule has 0 spiro atoms. The Morgan fingerprint density at radius 2 is 2.25 bits per heavy atom. The topological polar surface area (TPSA) is 76.3 Å². The maximum atomic E-state index is 10.4. The number of aliphatic hydroxyl groups excluding tert-OH is 1. The zero-order valence-electron chi connectivity index (χ0n) is 8.72. The zero-order valence-corrected chi connectivity index (χ0v) is 8.72. The van der Waals surface area contributed by atoms with Crippen LogP contribution < -0.4 is 0 Å². The third-order valence-electron chi connectivity index (χ3n) is 1.89. The number of hydrogen-bond donors (Lipinski definition) is 1. The molecule has 0 saturated carbocycles. The van der Waals surface area contributed by atoms with Gasteiger partial charge in [-0.25, -0.2) is 4.98 Å². The van der Waals surface area contributed by atoms with Gasteiger partial charge in [0.1, 0.15) is 11.9 Å². The molecule has 5 heteroatoms. The van der Waals surface area contributed by atoms with Gasteiger partial charge in [0.25, 0.3) is 5.69 Å². The number of unbranched alkanes of at least 4 members (excludes halogenated alkanes) is 2. The highest BCUT2D eigenvalue weighted by molar-refractivity contribution is 5.34. The Morgan fingerprint density at radius 3 is 2.81 bits per heavy atom. The van der Waals surface area contributed by atoms with Crippen molar-refractivity contribution in [1.29, 1.82) is 0 Å². The van der Waals surface area contributed by atoms with Crippen LogP contribution in [0.25, 0.3) is 0 Å². The Labute approximate surface area is 93.3 Å². The second kappa shape index (κ2) is 6.53. The number of hydrogen-bond acceptors (Lipinski definition) is 4. The molecule has 0 unspecified atom stereocenters. The van der Waals surface area contributed by atoms with Crippen molar-refractivity contribution in [2.75, 3.05) is 6.61 Å². The average molecular weight is 220 g/mol. The van der Waals surface area contributed by atoms with Gasteiger partial charge in [-0.3, -0.25) is 10.1 Å². The predicted octanol–water partition coefficient (Wildman–Crippen LogP) is 1.50. The molecule has 0 atom stereocenters. The SMILES string of the molecule is O=[N+]([O-])c1ccc(C#CCCCCO)nc1. The first kappa shape index (κ1) is 12.1. The summed E-state index contributed by atoms with van der Waals surface area (Å²) in [5.74, 6) is 5.70. The maximum Gasteiger partial charge on any atom is 0.287 e. The highest BCUT2D eigenvalue weighted by Gasteiger charge is 2.03. The van der Waals surface area contributed by atoms with Crippen molar-refractivity contribution in [3.8, 4) is 11.8 Å². The lowest BCUT2D eigenvalue weighted by Crippen LogP contribution is -1.89. The molecule has 0 bridgehead atoms. The lowest BCUT2D eigenvalue weighted by molar-refractivity contribution is -0.385. The largest absolute Gasteiger partial charge is 0.396 e. The molecular weight excluding hydrogens is 208 g/mol. The second-order valence-electron chi connectivity index (χ2n) is 3.14. The van der Waals surface area contributed by atoms with Crippen molar-refractivity contribution in [2.24, 2.45) is 0 Å². The molecule has 0 aliphatic heterocycles. The number of pyridine rings is 1. The monoisotopic (exact) mass is 220 g/mol. The number of rotatable bonds is 4. The van der Waals surface area contributed by atoms with Gasteiger partial charge < -0.3 is 5.11 Å². The molecule has 16 heavy (non-hydrogen) atoms. The molecule has 0 amide bonds. The Hall–Kier alpha value is -1.93. The normalized spacial score (nSPS) is 9.31. The summed E-state index contributed by atoms with van der Waals surface area (Å²) in [4.78, 5) is 13.7. The van der Waals surface area contributed by atoms with E-state index in [2.05, 4.69) is 16.8 Å². The maximum absolute atomic E-state index is 10.4. The molecule has 1 aromatic rings. The fourth-order valence-electron chi connectivity index (χ4n) is 1.05. The minimum atomic E-state index is -0.495. The number of nitro groups is 1. The molecule has 0 saturated heterocycles. The molecule has 1 aromatic heterocycles. The molecule has 84 valence electrons. The van der Waals surface area contributed by atoms with E-state index < -0.39 is 4.92 Å². The Kier molecular flexibility index (Phi) is 4.96. The van der Waals surface area contributed by atoms with E-state index >= 15 is 0 Å². The summed E-state index contributed by atoms with van der Waals surface area (Å²) in [5, 5.41) is 18.9. The first-order valence-corrected chi connectivity index (χ1v) is 4.94. The van der Waals surface area contributed by atoms with Gasteiger partial charge in [-0.05, 0) is 24.8 Å². The van der Waals surface area contributed by atoms with Crippen molar-refractivity contribution < 1.29 is 10.0 Å². The molecule has 0 aromatic carbocycles. The van der Waals surface area contributed by atoms with E-state index in [1.54, 1.807) is 0 Å². The Morgan fingerprint density at radius 1 is 1.44 bits per heavy atom. The van der Waals surface area contributed by atoms with Crippen molar-refractivity contribution in [2.45, 2.75) is 19.3 Å². The van der Waals surface area contributed by atoms with Gasteiger partial charge >= 0.3 is 0 Å². The van der Waals surface area contributed by atoms with Crippen LogP contribution >= 0.6 is 0 Å². The van der Waals surface area contributed by atoms with Crippen molar-refractivity contribution in [3.63, 3.8) is 0 Å². The minimum absolute atomic E-state index is 0.0363. The van der Waals surface area contributed by atoms with Crippen LogP contribution in [-0.4, -0.2) is 21.6 Å². The smallest absolute Gasteiger partial charge is 0.287 e. The number of nitrogens with zero attached hydrogens (tertiary/aromatic N) is 2. The number of aliphatic hydroxyl groups is 1. The van der Waals surface area contributed by atoms with Crippen LogP contribution in [0.3, 0.4) is 0 Å². The van der Waals surface area contributed by atoms with E-state index in [9.17, 15) is 10.1 Å². The van der Waals surface area contributed by atoms with Gasteiger partial charge in [-0.1, -0.05) is 5.92 Å². The van der Waals surface area contributed by atoms with Gasteiger partial charge in [0.2, 0.25) is 0 Å². The molecule has 0 aliphatic carbocycles. The van der Waals surface area contributed by atoms with Crippen molar-refractivity contribution >= 4 is 5.69 Å². The summed E-state index contributed by atoms with van der Waals surface area (Å²) in [7, 11) is 0. The summed E-state index contributed by atoms with van der Waals surface area (Å²) in [6.07, 6.45) is 3.47.